The summed E-state index contributed by atoms with van der Waals surface area (Å²) in [5, 5.41) is 9.25. The summed E-state index contributed by atoms with van der Waals surface area (Å²) in [6.45, 7) is 0.518. The van der Waals surface area contributed by atoms with Crippen molar-refractivity contribution in [1.82, 2.24) is 4.31 Å². The summed E-state index contributed by atoms with van der Waals surface area (Å²) in [6, 6.07) is 9.94. The highest BCUT2D eigenvalue weighted by Gasteiger charge is 2.51. The fourth-order valence-corrected chi connectivity index (χ4v) is 6.58. The molecule has 4 rings (SSSR count). The minimum atomic E-state index is -3.98. The van der Waals surface area contributed by atoms with Crippen molar-refractivity contribution in [2.24, 2.45) is 5.41 Å². The van der Waals surface area contributed by atoms with E-state index in [1.165, 1.54) is 45.6 Å². The van der Waals surface area contributed by atoms with Crippen LogP contribution in [0.1, 0.15) is 24.8 Å². The van der Waals surface area contributed by atoms with Crippen LogP contribution in [0.2, 0.25) is 10.0 Å². The summed E-state index contributed by atoms with van der Waals surface area (Å²) < 4.78 is 42.1. The molecule has 2 fully saturated rings. The standard InChI is InChI=1S/C21H18Cl2FN3O3S/c22-15-3-4-17(24)18(11-15)27-9-7-21(20(27)28)6-1-8-26(13-21)31(29,30)19-5-2-14(12-25)10-16(19)23/h2-5,10-11H,1,6-9,13H2. The van der Waals surface area contributed by atoms with Crippen molar-refractivity contribution in [2.45, 2.75) is 24.2 Å². The molecule has 2 aliphatic heterocycles. The van der Waals surface area contributed by atoms with Gasteiger partial charge in [0.2, 0.25) is 15.9 Å². The van der Waals surface area contributed by atoms with Crippen molar-refractivity contribution >= 4 is 44.8 Å². The summed E-state index contributed by atoms with van der Waals surface area (Å²) >= 11 is 12.1. The van der Waals surface area contributed by atoms with Crippen LogP contribution in [0.4, 0.5) is 10.1 Å². The van der Waals surface area contributed by atoms with Gasteiger partial charge < -0.3 is 4.90 Å². The molecule has 2 heterocycles. The number of rotatable bonds is 3. The van der Waals surface area contributed by atoms with Crippen LogP contribution in [0.5, 0.6) is 0 Å². The van der Waals surface area contributed by atoms with Gasteiger partial charge in [0, 0.05) is 24.7 Å². The van der Waals surface area contributed by atoms with Gasteiger partial charge >= 0.3 is 0 Å². The van der Waals surface area contributed by atoms with E-state index >= 15 is 0 Å². The van der Waals surface area contributed by atoms with Crippen LogP contribution in [0.25, 0.3) is 0 Å². The second-order valence-electron chi connectivity index (χ2n) is 7.78. The van der Waals surface area contributed by atoms with E-state index in [-0.39, 0.29) is 46.7 Å². The van der Waals surface area contributed by atoms with E-state index in [2.05, 4.69) is 0 Å². The number of piperidine rings is 1. The highest BCUT2D eigenvalue weighted by Crippen LogP contribution is 2.44. The highest BCUT2D eigenvalue weighted by atomic mass is 35.5. The van der Waals surface area contributed by atoms with E-state index in [9.17, 15) is 17.6 Å². The molecule has 1 atom stereocenters. The second kappa shape index (κ2) is 8.06. The van der Waals surface area contributed by atoms with Crippen LogP contribution in [-0.4, -0.2) is 38.3 Å². The summed E-state index contributed by atoms with van der Waals surface area (Å²) in [4.78, 5) is 14.6. The maximum absolute atomic E-state index is 14.3. The summed E-state index contributed by atoms with van der Waals surface area (Å²) in [5.41, 5.74) is -0.576. The average Bonchev–Trinajstić information content (AvgIpc) is 3.05. The van der Waals surface area contributed by atoms with Gasteiger partial charge in [0.15, 0.2) is 0 Å². The lowest BCUT2D eigenvalue weighted by Gasteiger charge is -2.38. The van der Waals surface area contributed by atoms with E-state index in [4.69, 9.17) is 28.5 Å². The van der Waals surface area contributed by atoms with Crippen molar-refractivity contribution in [3.8, 4) is 6.07 Å². The maximum atomic E-state index is 14.3. The van der Waals surface area contributed by atoms with E-state index in [0.717, 1.165) is 0 Å². The molecule has 1 spiro atoms. The first kappa shape index (κ1) is 22.0. The Morgan fingerprint density at radius 2 is 1.87 bits per heavy atom. The molecule has 162 valence electrons. The summed E-state index contributed by atoms with van der Waals surface area (Å²) in [5.74, 6) is -0.862. The molecule has 0 radical (unpaired) electrons. The first-order chi connectivity index (χ1) is 14.7. The number of nitriles is 1. The average molecular weight is 482 g/mol. The van der Waals surface area contributed by atoms with Crippen LogP contribution in [-0.2, 0) is 14.8 Å². The van der Waals surface area contributed by atoms with Crippen LogP contribution in [0.15, 0.2) is 41.3 Å². The Balaban J connectivity index is 1.63. The van der Waals surface area contributed by atoms with Gasteiger partial charge in [-0.1, -0.05) is 23.2 Å². The molecular formula is C21H18Cl2FN3O3S. The third-order valence-electron chi connectivity index (χ3n) is 5.93. The van der Waals surface area contributed by atoms with Gasteiger partial charge in [-0.2, -0.15) is 9.57 Å². The minimum absolute atomic E-state index is 0.0107. The Kier molecular flexibility index (Phi) is 5.73. The second-order valence-corrected chi connectivity index (χ2v) is 10.5. The third kappa shape index (κ3) is 3.80. The fraction of sp³-hybridized carbons (Fsp3) is 0.333. The van der Waals surface area contributed by atoms with Gasteiger partial charge in [-0.15, -0.1) is 0 Å². The van der Waals surface area contributed by atoms with Crippen LogP contribution in [0.3, 0.4) is 0 Å². The number of sulfonamides is 1. The molecule has 0 aromatic heterocycles. The van der Waals surface area contributed by atoms with E-state index in [1.54, 1.807) is 0 Å². The minimum Gasteiger partial charge on any atom is -0.309 e. The molecule has 1 amide bonds. The van der Waals surface area contributed by atoms with Crippen molar-refractivity contribution in [1.29, 1.82) is 5.26 Å². The molecular weight excluding hydrogens is 464 g/mol. The molecule has 6 nitrogen and oxygen atoms in total. The number of halogens is 3. The number of hydrogen-bond donors (Lipinski definition) is 0. The van der Waals surface area contributed by atoms with Gasteiger partial charge in [-0.3, -0.25) is 4.79 Å². The van der Waals surface area contributed by atoms with E-state index in [1.807, 2.05) is 6.07 Å². The third-order valence-corrected chi connectivity index (χ3v) is 8.50. The molecule has 10 heteroatoms. The number of nitrogens with zero attached hydrogens (tertiary/aromatic N) is 3. The van der Waals surface area contributed by atoms with Crippen molar-refractivity contribution in [3.05, 3.63) is 57.8 Å². The Morgan fingerprint density at radius 1 is 1.10 bits per heavy atom. The van der Waals surface area contributed by atoms with Crippen LogP contribution in [0, 0.1) is 22.6 Å². The van der Waals surface area contributed by atoms with Crippen LogP contribution >= 0.6 is 23.2 Å². The fourth-order valence-electron chi connectivity index (χ4n) is 4.34. The lowest BCUT2D eigenvalue weighted by molar-refractivity contribution is -0.127. The zero-order valence-electron chi connectivity index (χ0n) is 16.3. The SMILES string of the molecule is N#Cc1ccc(S(=O)(=O)N2CCCC3(CCN(c4cc(Cl)ccc4F)C3=O)C2)c(Cl)c1. The number of anilines is 1. The van der Waals surface area contributed by atoms with Crippen molar-refractivity contribution in [3.63, 3.8) is 0 Å². The molecule has 2 aromatic carbocycles. The zero-order valence-corrected chi connectivity index (χ0v) is 18.6. The highest BCUT2D eigenvalue weighted by molar-refractivity contribution is 7.89. The topological polar surface area (TPSA) is 81.5 Å². The van der Waals surface area contributed by atoms with Crippen molar-refractivity contribution < 1.29 is 17.6 Å². The number of benzene rings is 2. The lowest BCUT2D eigenvalue weighted by Crippen LogP contribution is -2.49. The van der Waals surface area contributed by atoms with E-state index in [0.29, 0.717) is 24.3 Å². The molecule has 0 bridgehead atoms. The first-order valence-electron chi connectivity index (χ1n) is 9.65. The molecule has 2 aliphatic rings. The monoisotopic (exact) mass is 481 g/mol. The van der Waals surface area contributed by atoms with Gasteiger partial charge in [0.1, 0.15) is 10.7 Å². The summed E-state index contributed by atoms with van der Waals surface area (Å²) in [7, 11) is -3.98. The smallest absolute Gasteiger partial charge is 0.244 e. The van der Waals surface area contributed by atoms with Crippen molar-refractivity contribution in [2.75, 3.05) is 24.5 Å². The van der Waals surface area contributed by atoms with Gasteiger partial charge in [-0.05, 0) is 55.7 Å². The van der Waals surface area contributed by atoms with Crippen LogP contribution < -0.4 is 4.90 Å². The molecule has 31 heavy (non-hydrogen) atoms. The molecule has 0 aliphatic carbocycles. The first-order valence-corrected chi connectivity index (χ1v) is 11.8. The Labute approximate surface area is 189 Å². The van der Waals surface area contributed by atoms with Gasteiger partial charge in [0.05, 0.1) is 27.8 Å². The number of carbonyl (C=O) groups is 1. The Bertz CT molecular complexity index is 1210. The number of carbonyl (C=O) groups excluding carboxylic acids is 1. The van der Waals surface area contributed by atoms with Gasteiger partial charge in [-0.25, -0.2) is 12.8 Å². The lowest BCUT2D eigenvalue weighted by atomic mass is 9.79. The Morgan fingerprint density at radius 3 is 2.58 bits per heavy atom. The quantitative estimate of drug-likeness (QED) is 0.657. The maximum Gasteiger partial charge on any atom is 0.244 e. The molecule has 0 N–H and O–H groups in total. The number of amides is 1. The zero-order chi connectivity index (χ0) is 22.4. The number of hydrogen-bond acceptors (Lipinski definition) is 4. The van der Waals surface area contributed by atoms with E-state index < -0.39 is 21.3 Å². The largest absolute Gasteiger partial charge is 0.309 e. The molecule has 0 saturated carbocycles. The van der Waals surface area contributed by atoms with Gasteiger partial charge in [0.25, 0.3) is 0 Å². The molecule has 1 unspecified atom stereocenters. The normalized spacial score (nSPS) is 22.1. The predicted molar refractivity (Wildman–Crippen MR) is 115 cm³/mol. The predicted octanol–water partition coefficient (Wildman–Crippen LogP) is 4.21. The molecule has 2 saturated heterocycles. The molecule has 2 aromatic rings. The Hall–Kier alpha value is -2.18. The summed E-state index contributed by atoms with van der Waals surface area (Å²) in [6.07, 6.45) is 1.41.